The second-order valence-electron chi connectivity index (χ2n) is 5.60. The third-order valence-electron chi connectivity index (χ3n) is 4.05. The quantitative estimate of drug-likeness (QED) is 0.390. The summed E-state index contributed by atoms with van der Waals surface area (Å²) in [6, 6.07) is 9.03. The van der Waals surface area contributed by atoms with Crippen LogP contribution in [0.1, 0.15) is 30.8 Å². The number of aromatic nitrogens is 1. The minimum absolute atomic E-state index is 0.117. The van der Waals surface area contributed by atoms with Crippen molar-refractivity contribution in [3.8, 4) is 0 Å². The van der Waals surface area contributed by atoms with Gasteiger partial charge in [-0.05, 0) is 23.9 Å². The molecule has 6 nitrogen and oxygen atoms in total. The number of esters is 1. The number of fused-ring (bicyclic) bond motifs is 1. The summed E-state index contributed by atoms with van der Waals surface area (Å²) in [6.07, 6.45) is 0.821. The lowest BCUT2D eigenvalue weighted by Crippen LogP contribution is -2.64. The van der Waals surface area contributed by atoms with Gasteiger partial charge in [-0.3, -0.25) is 0 Å². The molecule has 3 N–H and O–H groups in total. The number of carbonyl (C=O) groups is 1. The summed E-state index contributed by atoms with van der Waals surface area (Å²) in [7, 11) is 0. The Morgan fingerprint density at radius 1 is 1.52 bits per heavy atom. The van der Waals surface area contributed by atoms with Gasteiger partial charge >= 0.3 is 5.97 Å². The van der Waals surface area contributed by atoms with Crippen molar-refractivity contribution in [3.63, 3.8) is 0 Å². The van der Waals surface area contributed by atoms with Gasteiger partial charge in [-0.2, -0.15) is 5.21 Å². The molecule has 0 saturated heterocycles. The molecule has 0 radical (unpaired) electrons. The van der Waals surface area contributed by atoms with E-state index in [0.717, 1.165) is 11.8 Å². The molecule has 6 heteroatoms. The van der Waals surface area contributed by atoms with E-state index >= 15 is 0 Å². The van der Waals surface area contributed by atoms with Gasteiger partial charge in [0.05, 0.1) is 6.61 Å². The topological polar surface area (TPSA) is 77.5 Å². The standard InChI is InChI=1S/C15H20N3O3/c1-3-21-15(19)13-9-11-6-4-5-7-12(11)17(13)18(16,20)14-8-10(14)2/h4-7,9-10,14,20H,3,8,16H2,1-2H3/q+1. The van der Waals surface area contributed by atoms with E-state index in [9.17, 15) is 10.0 Å². The first-order valence-electron chi connectivity index (χ1n) is 7.15. The Kier molecular flexibility index (Phi) is 3.24. The largest absolute Gasteiger partial charge is 0.461 e. The van der Waals surface area contributed by atoms with Crippen molar-refractivity contribution >= 4 is 16.9 Å². The van der Waals surface area contributed by atoms with Gasteiger partial charge in [0.25, 0.3) is 0 Å². The molecule has 0 bridgehead atoms. The molecule has 1 fully saturated rings. The molecule has 0 spiro atoms. The highest BCUT2D eigenvalue weighted by molar-refractivity contribution is 5.95. The molecule has 1 aromatic heterocycles. The number of quaternary nitrogens is 1. The molecule has 3 rings (SSSR count). The van der Waals surface area contributed by atoms with Gasteiger partial charge < -0.3 is 4.74 Å². The molecule has 3 unspecified atom stereocenters. The molecule has 1 heterocycles. The number of nitrogens with zero attached hydrogens (tertiary/aromatic N) is 2. The second-order valence-corrected chi connectivity index (χ2v) is 5.60. The van der Waals surface area contributed by atoms with Crippen molar-refractivity contribution in [3.05, 3.63) is 36.0 Å². The number of hydroxylamine groups is 1. The molecule has 1 aliphatic carbocycles. The van der Waals surface area contributed by atoms with Crippen LogP contribution in [0.25, 0.3) is 10.9 Å². The maximum Gasteiger partial charge on any atom is 0.360 e. The average molecular weight is 290 g/mol. The van der Waals surface area contributed by atoms with Crippen molar-refractivity contribution in [2.75, 3.05) is 6.61 Å². The fraction of sp³-hybridized carbons (Fsp3) is 0.400. The molecule has 21 heavy (non-hydrogen) atoms. The number of benzene rings is 1. The minimum atomic E-state index is -0.831. The predicted molar refractivity (Wildman–Crippen MR) is 79.0 cm³/mol. The fourth-order valence-corrected chi connectivity index (χ4v) is 2.82. The van der Waals surface area contributed by atoms with Gasteiger partial charge in [-0.25, -0.2) is 4.79 Å². The Bertz CT molecular complexity index is 693. The predicted octanol–water partition coefficient (Wildman–Crippen LogP) is 1.93. The molecule has 0 aliphatic heterocycles. The number of hydrogen-bond acceptors (Lipinski definition) is 4. The van der Waals surface area contributed by atoms with Crippen LogP contribution in [0, 0.1) is 5.92 Å². The first kappa shape index (κ1) is 14.1. The van der Waals surface area contributed by atoms with Crippen LogP contribution in [0.4, 0.5) is 0 Å². The van der Waals surface area contributed by atoms with Gasteiger partial charge in [0.15, 0.2) is 11.7 Å². The van der Waals surface area contributed by atoms with E-state index in [4.69, 9.17) is 10.6 Å². The van der Waals surface area contributed by atoms with Crippen LogP contribution in [0.15, 0.2) is 30.3 Å². The molecular weight excluding hydrogens is 270 g/mol. The van der Waals surface area contributed by atoms with E-state index in [0.29, 0.717) is 11.4 Å². The number of rotatable bonds is 4. The zero-order chi connectivity index (χ0) is 15.2. The highest BCUT2D eigenvalue weighted by atomic mass is 16.6. The summed E-state index contributed by atoms with van der Waals surface area (Å²) < 4.78 is 6.54. The van der Waals surface area contributed by atoms with Crippen LogP contribution < -0.4 is 10.7 Å². The Balaban J connectivity index is 2.18. The zero-order valence-electron chi connectivity index (χ0n) is 12.2. The number of ether oxygens (including phenoxy) is 1. The molecule has 3 atom stereocenters. The molecular formula is C15H20N3O3+. The van der Waals surface area contributed by atoms with Crippen LogP contribution in [-0.4, -0.2) is 28.5 Å². The Hall–Kier alpha value is -1.89. The van der Waals surface area contributed by atoms with Crippen molar-refractivity contribution in [2.24, 2.45) is 11.8 Å². The van der Waals surface area contributed by atoms with E-state index in [1.165, 1.54) is 4.68 Å². The van der Waals surface area contributed by atoms with Crippen LogP contribution in [0.3, 0.4) is 0 Å². The van der Waals surface area contributed by atoms with Crippen molar-refractivity contribution in [2.45, 2.75) is 26.3 Å². The van der Waals surface area contributed by atoms with Gasteiger partial charge in [-0.15, -0.1) is 10.5 Å². The van der Waals surface area contributed by atoms with Gasteiger partial charge in [-0.1, -0.05) is 25.1 Å². The highest BCUT2D eigenvalue weighted by Crippen LogP contribution is 2.37. The Morgan fingerprint density at radius 3 is 2.81 bits per heavy atom. The Morgan fingerprint density at radius 2 is 2.19 bits per heavy atom. The number of carbonyl (C=O) groups excluding carboxylic acids is 1. The summed E-state index contributed by atoms with van der Waals surface area (Å²) in [5, 5.41) is 11.6. The summed E-state index contributed by atoms with van der Waals surface area (Å²) >= 11 is 0. The van der Waals surface area contributed by atoms with Crippen LogP contribution in [0.2, 0.25) is 0 Å². The molecule has 1 saturated carbocycles. The lowest BCUT2D eigenvalue weighted by molar-refractivity contribution is -0.186. The molecule has 1 aliphatic rings. The van der Waals surface area contributed by atoms with Crippen LogP contribution >= 0.6 is 0 Å². The number of nitrogens with two attached hydrogens (primary N) is 1. The fourth-order valence-electron chi connectivity index (χ4n) is 2.82. The first-order chi connectivity index (χ1) is 9.96. The zero-order valence-corrected chi connectivity index (χ0v) is 12.2. The molecule has 1 aromatic carbocycles. The van der Waals surface area contributed by atoms with E-state index in [2.05, 4.69) is 0 Å². The van der Waals surface area contributed by atoms with E-state index in [1.54, 1.807) is 13.0 Å². The van der Waals surface area contributed by atoms with Crippen molar-refractivity contribution in [1.29, 1.82) is 0 Å². The van der Waals surface area contributed by atoms with Crippen molar-refractivity contribution < 1.29 is 14.7 Å². The van der Waals surface area contributed by atoms with Crippen LogP contribution in [0.5, 0.6) is 0 Å². The lowest BCUT2D eigenvalue weighted by Gasteiger charge is -2.26. The number of para-hydroxylation sites is 1. The van der Waals surface area contributed by atoms with E-state index in [1.807, 2.05) is 31.2 Å². The average Bonchev–Trinajstić information content (AvgIpc) is 3.05. The summed E-state index contributed by atoms with van der Waals surface area (Å²) in [5.74, 6) is 5.96. The van der Waals surface area contributed by atoms with Crippen LogP contribution in [-0.2, 0) is 4.74 Å². The summed E-state index contributed by atoms with van der Waals surface area (Å²) in [6.45, 7) is 4.05. The Labute approximate surface area is 122 Å². The molecule has 2 aromatic rings. The highest BCUT2D eigenvalue weighted by Gasteiger charge is 2.53. The maximum absolute atomic E-state index is 12.2. The van der Waals surface area contributed by atoms with E-state index in [-0.39, 0.29) is 18.3 Å². The monoisotopic (exact) mass is 290 g/mol. The second kappa shape index (κ2) is 4.84. The summed E-state index contributed by atoms with van der Waals surface area (Å²) in [5.41, 5.74) is 0.979. The third kappa shape index (κ3) is 2.21. The van der Waals surface area contributed by atoms with Crippen molar-refractivity contribution in [1.82, 2.24) is 9.54 Å². The third-order valence-corrected chi connectivity index (χ3v) is 4.05. The lowest BCUT2D eigenvalue weighted by atomic mass is 10.2. The molecule has 0 amide bonds. The smallest absolute Gasteiger partial charge is 0.360 e. The maximum atomic E-state index is 12.2. The van der Waals surface area contributed by atoms with Gasteiger partial charge in [0.2, 0.25) is 0 Å². The van der Waals surface area contributed by atoms with Gasteiger partial charge in [0.1, 0.15) is 5.52 Å². The minimum Gasteiger partial charge on any atom is -0.461 e. The SMILES string of the molecule is CCOC(=O)c1cc2ccccc2n1[N+](N)(O)C1CC1C. The van der Waals surface area contributed by atoms with E-state index < -0.39 is 10.8 Å². The normalized spacial score (nSPS) is 23.8. The molecule has 112 valence electrons. The first-order valence-corrected chi connectivity index (χ1v) is 7.15. The number of hydrogen-bond donors (Lipinski definition) is 2. The summed E-state index contributed by atoms with van der Waals surface area (Å²) in [4.78, 5) is 11.4. The van der Waals surface area contributed by atoms with Gasteiger partial charge in [0, 0.05) is 17.7 Å².